The number of benzene rings is 1. The summed E-state index contributed by atoms with van der Waals surface area (Å²) in [4.78, 5) is 12.2. The molecule has 0 aliphatic rings. The van der Waals surface area contributed by atoms with Crippen LogP contribution in [0.5, 0.6) is 0 Å². The van der Waals surface area contributed by atoms with Gasteiger partial charge in [-0.1, -0.05) is 0 Å². The third-order valence-corrected chi connectivity index (χ3v) is 3.31. The lowest BCUT2D eigenvalue weighted by atomic mass is 10.2. The fraction of sp³-hybridized carbons (Fsp3) is 0.133. The van der Waals surface area contributed by atoms with E-state index in [1.54, 1.807) is 29.7 Å². The van der Waals surface area contributed by atoms with Gasteiger partial charge in [-0.05, 0) is 43.3 Å². The van der Waals surface area contributed by atoms with Crippen molar-refractivity contribution < 1.29 is 18.0 Å². The SMILES string of the molecule is Cc1nnc2cc(C(=O)Nc3ccc(C(F)(F)F)cc3)ccn12. The molecule has 0 atom stereocenters. The van der Waals surface area contributed by atoms with Crippen LogP contribution in [0.1, 0.15) is 21.7 Å². The first-order chi connectivity index (χ1) is 10.8. The third kappa shape index (κ3) is 3.01. The van der Waals surface area contributed by atoms with Crippen molar-refractivity contribution in [2.75, 3.05) is 5.32 Å². The Labute approximate surface area is 128 Å². The number of anilines is 1. The monoisotopic (exact) mass is 320 g/mol. The number of nitrogens with zero attached hydrogens (tertiary/aromatic N) is 3. The van der Waals surface area contributed by atoms with E-state index in [9.17, 15) is 18.0 Å². The molecule has 0 radical (unpaired) electrons. The van der Waals surface area contributed by atoms with Gasteiger partial charge in [0.05, 0.1) is 5.56 Å². The van der Waals surface area contributed by atoms with Crippen LogP contribution in [-0.2, 0) is 6.18 Å². The fourth-order valence-electron chi connectivity index (χ4n) is 2.10. The van der Waals surface area contributed by atoms with E-state index in [1.165, 1.54) is 12.1 Å². The minimum Gasteiger partial charge on any atom is -0.322 e. The van der Waals surface area contributed by atoms with E-state index in [0.717, 1.165) is 12.1 Å². The summed E-state index contributed by atoms with van der Waals surface area (Å²) in [5.41, 5.74) is 0.365. The molecule has 0 fully saturated rings. The summed E-state index contributed by atoms with van der Waals surface area (Å²) >= 11 is 0. The van der Waals surface area contributed by atoms with Crippen LogP contribution < -0.4 is 5.32 Å². The molecular formula is C15H11F3N4O. The number of nitrogens with one attached hydrogen (secondary N) is 1. The molecule has 0 aliphatic carbocycles. The van der Waals surface area contributed by atoms with Crippen molar-refractivity contribution in [3.05, 3.63) is 59.5 Å². The quantitative estimate of drug-likeness (QED) is 0.788. The van der Waals surface area contributed by atoms with Crippen LogP contribution in [0, 0.1) is 6.92 Å². The Hall–Kier alpha value is -2.90. The number of carbonyl (C=O) groups is 1. The lowest BCUT2D eigenvalue weighted by molar-refractivity contribution is -0.137. The van der Waals surface area contributed by atoms with Gasteiger partial charge in [-0.15, -0.1) is 10.2 Å². The predicted molar refractivity (Wildman–Crippen MR) is 77.1 cm³/mol. The van der Waals surface area contributed by atoms with Crippen molar-refractivity contribution in [3.63, 3.8) is 0 Å². The average molecular weight is 320 g/mol. The summed E-state index contributed by atoms with van der Waals surface area (Å²) < 4.78 is 39.2. The van der Waals surface area contributed by atoms with E-state index in [4.69, 9.17) is 0 Å². The predicted octanol–water partition coefficient (Wildman–Crippen LogP) is 3.31. The van der Waals surface area contributed by atoms with Gasteiger partial charge in [0.1, 0.15) is 5.82 Å². The van der Waals surface area contributed by atoms with Crippen molar-refractivity contribution in [1.29, 1.82) is 0 Å². The summed E-state index contributed by atoms with van der Waals surface area (Å²) in [6, 6.07) is 7.39. The zero-order valence-corrected chi connectivity index (χ0v) is 11.9. The summed E-state index contributed by atoms with van der Waals surface area (Å²) in [5, 5.41) is 10.3. The van der Waals surface area contributed by atoms with Gasteiger partial charge in [0.2, 0.25) is 0 Å². The third-order valence-electron chi connectivity index (χ3n) is 3.31. The molecule has 1 aromatic carbocycles. The molecule has 1 N–H and O–H groups in total. The summed E-state index contributed by atoms with van der Waals surface area (Å²) in [6.07, 6.45) is -2.74. The minimum atomic E-state index is -4.40. The van der Waals surface area contributed by atoms with Crippen LogP contribution in [0.15, 0.2) is 42.6 Å². The standard InChI is InChI=1S/C15H11F3N4O/c1-9-20-21-13-8-10(6-7-22(9)13)14(23)19-12-4-2-11(3-5-12)15(16,17)18/h2-8H,1H3,(H,19,23). The number of pyridine rings is 1. The normalized spacial score (nSPS) is 11.7. The molecule has 0 saturated heterocycles. The van der Waals surface area contributed by atoms with Crippen LogP contribution in [-0.4, -0.2) is 20.5 Å². The molecule has 2 heterocycles. The molecule has 0 aliphatic heterocycles. The maximum atomic E-state index is 12.5. The lowest BCUT2D eigenvalue weighted by Gasteiger charge is -2.09. The molecule has 0 unspecified atom stereocenters. The number of rotatable bonds is 2. The first kappa shape index (κ1) is 15.0. The highest BCUT2D eigenvalue weighted by molar-refractivity contribution is 6.04. The van der Waals surface area contributed by atoms with Gasteiger partial charge in [0, 0.05) is 17.4 Å². The number of hydrogen-bond donors (Lipinski definition) is 1. The number of alkyl halides is 3. The van der Waals surface area contributed by atoms with E-state index in [2.05, 4.69) is 15.5 Å². The van der Waals surface area contributed by atoms with Crippen LogP contribution in [0.3, 0.4) is 0 Å². The molecule has 0 bridgehead atoms. The topological polar surface area (TPSA) is 59.3 Å². The number of aromatic nitrogens is 3. The Balaban J connectivity index is 1.80. The Morgan fingerprint density at radius 3 is 2.48 bits per heavy atom. The summed E-state index contributed by atoms with van der Waals surface area (Å²) in [7, 11) is 0. The highest BCUT2D eigenvalue weighted by Gasteiger charge is 2.30. The number of halogens is 3. The molecular weight excluding hydrogens is 309 g/mol. The van der Waals surface area contributed by atoms with E-state index < -0.39 is 17.6 Å². The van der Waals surface area contributed by atoms with Gasteiger partial charge >= 0.3 is 6.18 Å². The number of fused-ring (bicyclic) bond motifs is 1. The number of amides is 1. The van der Waals surface area contributed by atoms with Crippen molar-refractivity contribution in [2.45, 2.75) is 13.1 Å². The second-order valence-corrected chi connectivity index (χ2v) is 4.92. The molecule has 5 nitrogen and oxygen atoms in total. The number of aryl methyl sites for hydroxylation is 1. The highest BCUT2D eigenvalue weighted by atomic mass is 19.4. The first-order valence-electron chi connectivity index (χ1n) is 6.64. The Kier molecular flexibility index (Phi) is 3.51. The van der Waals surface area contributed by atoms with Crippen molar-refractivity contribution >= 4 is 17.2 Å². The molecule has 23 heavy (non-hydrogen) atoms. The van der Waals surface area contributed by atoms with Gasteiger partial charge in [0.15, 0.2) is 5.65 Å². The summed E-state index contributed by atoms with van der Waals surface area (Å²) in [5.74, 6) is 0.252. The van der Waals surface area contributed by atoms with Crippen LogP contribution >= 0.6 is 0 Å². The van der Waals surface area contributed by atoms with Gasteiger partial charge in [-0.25, -0.2) is 0 Å². The largest absolute Gasteiger partial charge is 0.416 e. The molecule has 3 rings (SSSR count). The Morgan fingerprint density at radius 1 is 1.13 bits per heavy atom. The maximum Gasteiger partial charge on any atom is 0.416 e. The van der Waals surface area contributed by atoms with Gasteiger partial charge in [0.25, 0.3) is 5.91 Å². The van der Waals surface area contributed by atoms with E-state index in [1.807, 2.05) is 0 Å². The molecule has 2 aromatic heterocycles. The number of carbonyl (C=O) groups excluding carboxylic acids is 1. The molecule has 3 aromatic rings. The zero-order chi connectivity index (χ0) is 16.6. The van der Waals surface area contributed by atoms with Crippen LogP contribution in [0.2, 0.25) is 0 Å². The van der Waals surface area contributed by atoms with E-state index in [-0.39, 0.29) is 5.69 Å². The van der Waals surface area contributed by atoms with Crippen molar-refractivity contribution in [1.82, 2.24) is 14.6 Å². The maximum absolute atomic E-state index is 12.5. The smallest absolute Gasteiger partial charge is 0.322 e. The highest BCUT2D eigenvalue weighted by Crippen LogP contribution is 2.29. The van der Waals surface area contributed by atoms with Gasteiger partial charge in [-0.3, -0.25) is 9.20 Å². The van der Waals surface area contributed by atoms with Crippen molar-refractivity contribution in [2.24, 2.45) is 0 Å². The number of hydrogen-bond acceptors (Lipinski definition) is 3. The van der Waals surface area contributed by atoms with Crippen LogP contribution in [0.25, 0.3) is 5.65 Å². The lowest BCUT2D eigenvalue weighted by Crippen LogP contribution is -2.12. The molecule has 0 saturated carbocycles. The second kappa shape index (κ2) is 5.38. The van der Waals surface area contributed by atoms with Gasteiger partial charge in [-0.2, -0.15) is 13.2 Å². The molecule has 1 amide bonds. The second-order valence-electron chi connectivity index (χ2n) is 4.92. The first-order valence-corrected chi connectivity index (χ1v) is 6.64. The zero-order valence-electron chi connectivity index (χ0n) is 11.9. The Morgan fingerprint density at radius 2 is 1.83 bits per heavy atom. The Bertz CT molecular complexity index is 869. The minimum absolute atomic E-state index is 0.278. The van der Waals surface area contributed by atoms with E-state index >= 15 is 0 Å². The molecule has 118 valence electrons. The van der Waals surface area contributed by atoms with Crippen molar-refractivity contribution in [3.8, 4) is 0 Å². The van der Waals surface area contributed by atoms with E-state index in [0.29, 0.717) is 17.0 Å². The average Bonchev–Trinajstić information content (AvgIpc) is 2.88. The van der Waals surface area contributed by atoms with Gasteiger partial charge < -0.3 is 5.32 Å². The molecule has 8 heteroatoms. The van der Waals surface area contributed by atoms with Crippen LogP contribution in [0.4, 0.5) is 18.9 Å². The fourth-order valence-corrected chi connectivity index (χ4v) is 2.10. The summed E-state index contributed by atoms with van der Waals surface area (Å²) in [6.45, 7) is 1.78. The molecule has 0 spiro atoms.